The molecule has 1 aliphatic rings. The molecule has 0 aliphatic heterocycles. The van der Waals surface area contributed by atoms with Crippen molar-refractivity contribution in [3.05, 3.63) is 0 Å². The molecule has 14 heteroatoms. The number of phosphoric acid groups is 1. The van der Waals surface area contributed by atoms with Gasteiger partial charge < -0.3 is 39.9 Å². The molecule has 1 rings (SSSR count). The van der Waals surface area contributed by atoms with Crippen molar-refractivity contribution >= 4 is 19.8 Å². The Labute approximate surface area is 351 Å². The fraction of sp³-hybridized carbons (Fsp3) is 0.955. The maximum Gasteiger partial charge on any atom is 0.472 e. The molecule has 6 unspecified atom stereocenters. The minimum atomic E-state index is -5.10. The van der Waals surface area contributed by atoms with E-state index in [1.54, 1.807) is 0 Å². The molecular formula is C44H85O13P. The topological polar surface area (TPSA) is 210 Å². The quantitative estimate of drug-likeness (QED) is 0.0194. The zero-order valence-electron chi connectivity index (χ0n) is 36.4. The summed E-state index contributed by atoms with van der Waals surface area (Å²) in [6.07, 6.45) is 22.0. The molecule has 0 aromatic carbocycles. The first-order valence-electron chi connectivity index (χ1n) is 23.3. The van der Waals surface area contributed by atoms with Crippen LogP contribution in [0.1, 0.15) is 213 Å². The van der Waals surface area contributed by atoms with Crippen LogP contribution in [-0.4, -0.2) is 98.3 Å². The number of carbonyl (C=O) groups is 2. The third-order valence-corrected chi connectivity index (χ3v) is 12.2. The van der Waals surface area contributed by atoms with Gasteiger partial charge in [0.15, 0.2) is 6.10 Å². The maximum absolute atomic E-state index is 12.8. The molecule has 6 atom stereocenters. The summed E-state index contributed by atoms with van der Waals surface area (Å²) in [5.74, 6) is -1.09. The van der Waals surface area contributed by atoms with E-state index in [1.807, 2.05) is 0 Å². The number of aliphatic hydroxyl groups excluding tert-OH is 5. The molecule has 58 heavy (non-hydrogen) atoms. The van der Waals surface area contributed by atoms with Gasteiger partial charge in [-0.15, -0.1) is 0 Å². The summed E-state index contributed by atoms with van der Waals surface area (Å²) >= 11 is 0. The number of esters is 2. The molecule has 0 radical (unpaired) electrons. The fourth-order valence-electron chi connectivity index (χ4n) is 7.41. The standard InChI is InChI=1S/C44H85O13P/c1-3-5-7-9-11-12-13-14-15-16-17-18-19-20-21-22-23-24-25-27-29-31-33-38(46)56-36(34-54-37(45)32-30-28-26-10-8-6-4-2)35-55-58(52,53)57-44-42(50)40(48)39(47)41(49)43(44)51/h36,39-44,47-51H,3-35H2,1-2H3,(H,52,53). The predicted molar refractivity (Wildman–Crippen MR) is 226 cm³/mol. The molecule has 1 saturated carbocycles. The van der Waals surface area contributed by atoms with Crippen LogP contribution in [0.25, 0.3) is 0 Å². The van der Waals surface area contributed by atoms with E-state index in [-0.39, 0.29) is 12.8 Å². The van der Waals surface area contributed by atoms with Gasteiger partial charge in [0.2, 0.25) is 0 Å². The van der Waals surface area contributed by atoms with Crippen molar-refractivity contribution in [3.8, 4) is 0 Å². The average molecular weight is 853 g/mol. The zero-order valence-corrected chi connectivity index (χ0v) is 37.3. The van der Waals surface area contributed by atoms with E-state index in [9.17, 15) is 44.6 Å². The van der Waals surface area contributed by atoms with Crippen molar-refractivity contribution in [1.29, 1.82) is 0 Å². The first-order valence-corrected chi connectivity index (χ1v) is 24.8. The lowest BCUT2D eigenvalue weighted by Crippen LogP contribution is -2.64. The van der Waals surface area contributed by atoms with Gasteiger partial charge in [-0.2, -0.15) is 0 Å². The van der Waals surface area contributed by atoms with Crippen LogP contribution in [0.4, 0.5) is 0 Å². The first-order chi connectivity index (χ1) is 27.9. The lowest BCUT2D eigenvalue weighted by Gasteiger charge is -2.41. The van der Waals surface area contributed by atoms with E-state index in [0.717, 1.165) is 51.4 Å². The minimum absolute atomic E-state index is 0.105. The van der Waals surface area contributed by atoms with Crippen LogP contribution >= 0.6 is 7.82 Å². The van der Waals surface area contributed by atoms with E-state index in [2.05, 4.69) is 13.8 Å². The van der Waals surface area contributed by atoms with Crippen molar-refractivity contribution in [2.45, 2.75) is 256 Å². The van der Waals surface area contributed by atoms with E-state index in [4.69, 9.17) is 18.5 Å². The highest BCUT2D eigenvalue weighted by atomic mass is 31.2. The number of hydrogen-bond acceptors (Lipinski definition) is 12. The summed E-state index contributed by atoms with van der Waals surface area (Å²) in [5.41, 5.74) is 0. The summed E-state index contributed by atoms with van der Waals surface area (Å²) in [6.45, 7) is 3.26. The Morgan fingerprint density at radius 3 is 1.14 bits per heavy atom. The summed E-state index contributed by atoms with van der Waals surface area (Å²) in [4.78, 5) is 35.5. The van der Waals surface area contributed by atoms with Gasteiger partial charge in [-0.1, -0.05) is 187 Å². The highest BCUT2D eigenvalue weighted by Gasteiger charge is 2.51. The van der Waals surface area contributed by atoms with Gasteiger partial charge >= 0.3 is 19.8 Å². The molecule has 0 spiro atoms. The highest BCUT2D eigenvalue weighted by molar-refractivity contribution is 7.47. The monoisotopic (exact) mass is 853 g/mol. The second-order valence-corrected chi connectivity index (χ2v) is 18.0. The van der Waals surface area contributed by atoms with Gasteiger partial charge in [0.25, 0.3) is 0 Å². The molecule has 0 aromatic heterocycles. The summed E-state index contributed by atoms with van der Waals surface area (Å²) < 4.78 is 33.4. The molecule has 0 heterocycles. The Morgan fingerprint density at radius 2 is 0.776 bits per heavy atom. The Morgan fingerprint density at radius 1 is 0.466 bits per heavy atom. The number of ether oxygens (including phenoxy) is 2. The molecule has 0 bridgehead atoms. The van der Waals surface area contributed by atoms with Crippen LogP contribution < -0.4 is 0 Å². The number of aliphatic hydroxyl groups is 5. The summed E-state index contributed by atoms with van der Waals surface area (Å²) in [7, 11) is -5.10. The van der Waals surface area contributed by atoms with Crippen LogP contribution in [0.3, 0.4) is 0 Å². The smallest absolute Gasteiger partial charge is 0.462 e. The van der Waals surface area contributed by atoms with Crippen LogP contribution in [0.5, 0.6) is 0 Å². The molecule has 0 amide bonds. The molecule has 0 saturated heterocycles. The molecule has 6 N–H and O–H groups in total. The Kier molecular flexibility index (Phi) is 33.5. The molecular weight excluding hydrogens is 767 g/mol. The predicted octanol–water partition coefficient (Wildman–Crippen LogP) is 8.89. The van der Waals surface area contributed by atoms with Crippen molar-refractivity contribution in [3.63, 3.8) is 0 Å². The number of carbonyl (C=O) groups excluding carboxylic acids is 2. The zero-order chi connectivity index (χ0) is 42.9. The maximum atomic E-state index is 12.8. The molecule has 1 fully saturated rings. The number of hydrogen-bond donors (Lipinski definition) is 6. The Hall–Kier alpha value is -1.15. The van der Waals surface area contributed by atoms with Crippen molar-refractivity contribution in [1.82, 2.24) is 0 Å². The lowest BCUT2D eigenvalue weighted by molar-refractivity contribution is -0.220. The van der Waals surface area contributed by atoms with Gasteiger partial charge in [-0.3, -0.25) is 18.6 Å². The third-order valence-electron chi connectivity index (χ3n) is 11.2. The fourth-order valence-corrected chi connectivity index (χ4v) is 8.38. The highest BCUT2D eigenvalue weighted by Crippen LogP contribution is 2.47. The number of unbranched alkanes of at least 4 members (excludes halogenated alkanes) is 27. The molecule has 13 nitrogen and oxygen atoms in total. The van der Waals surface area contributed by atoms with Crippen LogP contribution in [0.2, 0.25) is 0 Å². The van der Waals surface area contributed by atoms with E-state index in [0.29, 0.717) is 12.8 Å². The van der Waals surface area contributed by atoms with Crippen LogP contribution in [0.15, 0.2) is 0 Å². The second kappa shape index (κ2) is 35.4. The van der Waals surface area contributed by atoms with Gasteiger partial charge in [0.1, 0.15) is 43.2 Å². The van der Waals surface area contributed by atoms with Crippen molar-refractivity contribution in [2.75, 3.05) is 13.2 Å². The first kappa shape index (κ1) is 54.9. The van der Waals surface area contributed by atoms with E-state index in [1.165, 1.54) is 122 Å². The third kappa shape index (κ3) is 27.6. The molecule has 0 aromatic rings. The van der Waals surface area contributed by atoms with Crippen molar-refractivity contribution in [2.24, 2.45) is 0 Å². The van der Waals surface area contributed by atoms with E-state index < -0.39 is 75.7 Å². The summed E-state index contributed by atoms with van der Waals surface area (Å²) in [5, 5.41) is 50.0. The van der Waals surface area contributed by atoms with Crippen LogP contribution in [-0.2, 0) is 32.7 Å². The van der Waals surface area contributed by atoms with Gasteiger partial charge in [-0.05, 0) is 12.8 Å². The van der Waals surface area contributed by atoms with Gasteiger partial charge in [0, 0.05) is 12.8 Å². The number of rotatable bonds is 39. The summed E-state index contributed by atoms with van der Waals surface area (Å²) in [6, 6.07) is 0. The van der Waals surface area contributed by atoms with Gasteiger partial charge in [-0.25, -0.2) is 4.57 Å². The molecule has 344 valence electrons. The van der Waals surface area contributed by atoms with Crippen LogP contribution in [0, 0.1) is 0 Å². The Balaban J connectivity index is 2.32. The minimum Gasteiger partial charge on any atom is -0.462 e. The normalized spacial score (nSPS) is 22.4. The largest absolute Gasteiger partial charge is 0.472 e. The van der Waals surface area contributed by atoms with E-state index >= 15 is 0 Å². The van der Waals surface area contributed by atoms with Crippen molar-refractivity contribution < 1.29 is 63.1 Å². The Bertz CT molecular complexity index is 1030. The average Bonchev–Trinajstić information content (AvgIpc) is 3.20. The molecule has 1 aliphatic carbocycles. The number of phosphoric ester groups is 1. The van der Waals surface area contributed by atoms with Gasteiger partial charge in [0.05, 0.1) is 6.61 Å². The second-order valence-electron chi connectivity index (χ2n) is 16.6. The SMILES string of the molecule is CCCCCCCCCCCCCCCCCCCCCCCCC(=O)OC(COC(=O)CCCCCCCCC)COP(=O)(O)OC1C(O)C(O)C(O)C(O)C1O. The lowest BCUT2D eigenvalue weighted by atomic mass is 9.85.